The highest BCUT2D eigenvalue weighted by Crippen LogP contribution is 2.21. The molecule has 0 spiro atoms. The van der Waals surface area contributed by atoms with Gasteiger partial charge in [0.25, 0.3) is 5.91 Å². The molecule has 134 valence electrons. The van der Waals surface area contributed by atoms with Crippen LogP contribution in [0.5, 0.6) is 0 Å². The fraction of sp³-hybridized carbons (Fsp3) is 0.250. The van der Waals surface area contributed by atoms with Crippen molar-refractivity contribution >= 4 is 44.7 Å². The fourth-order valence-electron chi connectivity index (χ4n) is 1.99. The monoisotopic (exact) mass is 401 g/mol. The van der Waals surface area contributed by atoms with Crippen molar-refractivity contribution in [2.45, 2.75) is 17.9 Å². The van der Waals surface area contributed by atoms with Crippen molar-refractivity contribution in [3.05, 3.63) is 51.2 Å². The molecule has 0 bridgehead atoms. The topological polar surface area (TPSA) is 89.5 Å². The van der Waals surface area contributed by atoms with Crippen LogP contribution < -0.4 is 5.32 Å². The molecule has 0 unspecified atom stereocenters. The van der Waals surface area contributed by atoms with Gasteiger partial charge in [-0.15, -0.1) is 11.3 Å². The van der Waals surface area contributed by atoms with Gasteiger partial charge in [0, 0.05) is 11.1 Å². The zero-order valence-electron chi connectivity index (χ0n) is 13.5. The Balaban J connectivity index is 1.99. The van der Waals surface area contributed by atoms with Gasteiger partial charge >= 0.3 is 5.97 Å². The molecule has 2 rings (SSSR count). The van der Waals surface area contributed by atoms with Crippen LogP contribution in [0.2, 0.25) is 5.02 Å². The summed E-state index contributed by atoms with van der Waals surface area (Å²) in [4.78, 5) is 24.9. The van der Waals surface area contributed by atoms with E-state index < -0.39 is 28.3 Å². The summed E-state index contributed by atoms with van der Waals surface area (Å²) in [5, 5.41) is 4.65. The van der Waals surface area contributed by atoms with E-state index in [9.17, 15) is 18.0 Å². The molecule has 6 nitrogen and oxygen atoms in total. The van der Waals surface area contributed by atoms with Crippen LogP contribution in [0, 0.1) is 0 Å². The number of hydrogen-bond acceptors (Lipinski definition) is 6. The normalized spacial score (nSPS) is 12.4. The first kappa shape index (κ1) is 19.4. The minimum Gasteiger partial charge on any atom is -0.452 e. The first-order chi connectivity index (χ1) is 11.7. The van der Waals surface area contributed by atoms with Crippen LogP contribution in [-0.2, 0) is 19.4 Å². The maximum Gasteiger partial charge on any atom is 0.340 e. The number of halogens is 1. The standard InChI is InChI=1S/C16H16ClNO5S2/c1-10(14-4-3-7-24-14)18-15(19)9-23-16(20)12-8-11(25(2,21)22)5-6-13(12)17/h3-8,10H,9H2,1-2H3,(H,18,19)/t10-/m0/s1. The van der Waals surface area contributed by atoms with Crippen molar-refractivity contribution in [1.29, 1.82) is 0 Å². The number of sulfone groups is 1. The third-order valence-corrected chi connectivity index (χ3v) is 5.76. The van der Waals surface area contributed by atoms with E-state index in [2.05, 4.69) is 5.32 Å². The predicted octanol–water partition coefficient (Wildman–Crippen LogP) is 2.84. The summed E-state index contributed by atoms with van der Waals surface area (Å²) >= 11 is 7.42. The number of ether oxygens (including phenoxy) is 1. The van der Waals surface area contributed by atoms with Crippen LogP contribution in [0.4, 0.5) is 0 Å². The Labute approximate surface area is 154 Å². The minimum atomic E-state index is -3.49. The van der Waals surface area contributed by atoms with Gasteiger partial charge < -0.3 is 10.1 Å². The van der Waals surface area contributed by atoms with E-state index in [0.29, 0.717) is 0 Å². The Bertz CT molecular complexity index is 878. The van der Waals surface area contributed by atoms with Crippen molar-refractivity contribution in [1.82, 2.24) is 5.32 Å². The molecule has 1 aromatic carbocycles. The highest BCUT2D eigenvalue weighted by molar-refractivity contribution is 7.90. The Morgan fingerprint density at radius 2 is 2.04 bits per heavy atom. The molecule has 25 heavy (non-hydrogen) atoms. The average molecular weight is 402 g/mol. The number of nitrogens with one attached hydrogen (secondary N) is 1. The molecule has 1 heterocycles. The third kappa shape index (κ3) is 5.29. The zero-order chi connectivity index (χ0) is 18.6. The van der Waals surface area contributed by atoms with E-state index in [0.717, 1.165) is 17.2 Å². The summed E-state index contributed by atoms with van der Waals surface area (Å²) in [6.45, 7) is 1.33. The number of carbonyl (C=O) groups is 2. The highest BCUT2D eigenvalue weighted by atomic mass is 35.5. The summed E-state index contributed by atoms with van der Waals surface area (Å²) in [7, 11) is -3.49. The number of hydrogen-bond donors (Lipinski definition) is 1. The van der Waals surface area contributed by atoms with Crippen molar-refractivity contribution in [3.8, 4) is 0 Å². The van der Waals surface area contributed by atoms with Crippen LogP contribution in [0.25, 0.3) is 0 Å². The van der Waals surface area contributed by atoms with Gasteiger partial charge in [-0.25, -0.2) is 13.2 Å². The van der Waals surface area contributed by atoms with Gasteiger partial charge in [0.15, 0.2) is 16.4 Å². The molecule has 0 aliphatic heterocycles. The Morgan fingerprint density at radius 1 is 1.32 bits per heavy atom. The molecule has 1 atom stereocenters. The third-order valence-electron chi connectivity index (χ3n) is 3.27. The lowest BCUT2D eigenvalue weighted by Gasteiger charge is -2.12. The quantitative estimate of drug-likeness (QED) is 0.751. The van der Waals surface area contributed by atoms with Gasteiger partial charge in [-0.3, -0.25) is 4.79 Å². The lowest BCUT2D eigenvalue weighted by atomic mass is 10.2. The maximum absolute atomic E-state index is 12.1. The molecular weight excluding hydrogens is 386 g/mol. The van der Waals surface area contributed by atoms with Crippen molar-refractivity contribution < 1.29 is 22.7 Å². The molecule has 1 aromatic heterocycles. The SMILES string of the molecule is C[C@H](NC(=O)COC(=O)c1cc(S(C)(=O)=O)ccc1Cl)c1cccs1. The van der Waals surface area contributed by atoms with Gasteiger partial charge in [-0.05, 0) is 36.6 Å². The molecule has 1 N–H and O–H groups in total. The molecule has 0 aliphatic rings. The first-order valence-corrected chi connectivity index (χ1v) is 10.3. The first-order valence-electron chi connectivity index (χ1n) is 7.18. The van der Waals surface area contributed by atoms with E-state index in [4.69, 9.17) is 16.3 Å². The number of carbonyl (C=O) groups excluding carboxylic acids is 2. The predicted molar refractivity (Wildman–Crippen MR) is 95.7 cm³/mol. The zero-order valence-corrected chi connectivity index (χ0v) is 15.9. The molecule has 0 fully saturated rings. The van der Waals surface area contributed by atoms with Crippen molar-refractivity contribution in [2.24, 2.45) is 0 Å². The van der Waals surface area contributed by atoms with Crippen LogP contribution in [0.1, 0.15) is 28.2 Å². The second kappa shape index (κ2) is 7.99. The Kier molecular flexibility index (Phi) is 6.21. The Morgan fingerprint density at radius 3 is 2.64 bits per heavy atom. The molecule has 0 radical (unpaired) electrons. The number of amides is 1. The van der Waals surface area contributed by atoms with Crippen molar-refractivity contribution in [3.63, 3.8) is 0 Å². The van der Waals surface area contributed by atoms with E-state index in [1.165, 1.54) is 23.5 Å². The Hall–Kier alpha value is -1.90. The second-order valence-corrected chi connectivity index (χ2v) is 8.70. The molecule has 0 saturated heterocycles. The van der Waals surface area contributed by atoms with Crippen LogP contribution in [0.15, 0.2) is 40.6 Å². The lowest BCUT2D eigenvalue weighted by molar-refractivity contribution is -0.124. The summed E-state index contributed by atoms with van der Waals surface area (Å²) in [5.41, 5.74) is -0.108. The van der Waals surface area contributed by atoms with E-state index in [1.54, 1.807) is 0 Å². The number of rotatable bonds is 6. The van der Waals surface area contributed by atoms with E-state index in [1.807, 2.05) is 24.4 Å². The molecular formula is C16H16ClNO5S2. The van der Waals surface area contributed by atoms with Gasteiger partial charge in [0.2, 0.25) is 0 Å². The van der Waals surface area contributed by atoms with E-state index >= 15 is 0 Å². The van der Waals surface area contributed by atoms with E-state index in [-0.39, 0.29) is 21.5 Å². The summed E-state index contributed by atoms with van der Waals surface area (Å²) in [5.74, 6) is -1.33. The second-order valence-electron chi connectivity index (χ2n) is 5.29. The van der Waals surface area contributed by atoms with Crippen LogP contribution in [-0.4, -0.2) is 33.2 Å². The largest absolute Gasteiger partial charge is 0.452 e. The molecule has 2 aromatic rings. The van der Waals surface area contributed by atoms with Crippen LogP contribution >= 0.6 is 22.9 Å². The minimum absolute atomic E-state index is 0.0461. The number of thiophene rings is 1. The van der Waals surface area contributed by atoms with Crippen molar-refractivity contribution in [2.75, 3.05) is 12.9 Å². The average Bonchev–Trinajstić information content (AvgIpc) is 3.06. The van der Waals surface area contributed by atoms with Gasteiger partial charge in [-0.1, -0.05) is 17.7 Å². The molecule has 0 aliphatic carbocycles. The molecule has 1 amide bonds. The number of esters is 1. The number of benzene rings is 1. The summed E-state index contributed by atoms with van der Waals surface area (Å²) < 4.78 is 28.1. The van der Waals surface area contributed by atoms with Gasteiger partial charge in [0.1, 0.15) is 0 Å². The van der Waals surface area contributed by atoms with Gasteiger partial charge in [-0.2, -0.15) is 0 Å². The summed E-state index contributed by atoms with van der Waals surface area (Å²) in [6.07, 6.45) is 1.02. The van der Waals surface area contributed by atoms with Gasteiger partial charge in [0.05, 0.1) is 21.5 Å². The smallest absolute Gasteiger partial charge is 0.340 e. The fourth-order valence-corrected chi connectivity index (χ4v) is 3.57. The van der Waals surface area contributed by atoms with Crippen LogP contribution in [0.3, 0.4) is 0 Å². The summed E-state index contributed by atoms with van der Waals surface area (Å²) in [6, 6.07) is 7.28. The molecule has 0 saturated carbocycles. The maximum atomic E-state index is 12.1. The highest BCUT2D eigenvalue weighted by Gasteiger charge is 2.18. The lowest BCUT2D eigenvalue weighted by Crippen LogP contribution is -2.30. The molecule has 9 heteroatoms.